The van der Waals surface area contributed by atoms with Gasteiger partial charge in [-0.25, -0.2) is 4.79 Å². The molecule has 1 saturated carbocycles. The summed E-state index contributed by atoms with van der Waals surface area (Å²) in [5, 5.41) is 21.8. The van der Waals surface area contributed by atoms with E-state index < -0.39 is 6.09 Å². The highest BCUT2D eigenvalue weighted by atomic mass is 16.5. The van der Waals surface area contributed by atoms with E-state index in [1.165, 1.54) is 4.90 Å². The monoisotopic (exact) mass is 343 g/mol. The van der Waals surface area contributed by atoms with Gasteiger partial charge in [-0.3, -0.25) is 4.68 Å². The van der Waals surface area contributed by atoms with E-state index in [0.717, 1.165) is 29.8 Å². The number of fused-ring (bicyclic) bond motifs is 1. The molecule has 2 aliphatic rings. The quantitative estimate of drug-likeness (QED) is 0.915. The zero-order chi connectivity index (χ0) is 17.6. The number of hydrogen-bond donors (Lipinski definition) is 1. The molecule has 8 heteroatoms. The van der Waals surface area contributed by atoms with Gasteiger partial charge < -0.3 is 14.7 Å². The summed E-state index contributed by atoms with van der Waals surface area (Å²) in [6.07, 6.45) is 2.94. The number of likely N-dealkylation sites (tertiary alicyclic amines) is 1. The fourth-order valence-electron chi connectivity index (χ4n) is 4.05. The van der Waals surface area contributed by atoms with E-state index in [1.807, 2.05) is 32.3 Å². The molecule has 132 valence electrons. The summed E-state index contributed by atoms with van der Waals surface area (Å²) in [6.45, 7) is 3.18. The van der Waals surface area contributed by atoms with Gasteiger partial charge in [-0.2, -0.15) is 5.10 Å². The average Bonchev–Trinajstić information content (AvgIpc) is 3.21. The summed E-state index contributed by atoms with van der Waals surface area (Å²) in [5.41, 5.74) is 2.65. The van der Waals surface area contributed by atoms with Gasteiger partial charge in [0.25, 0.3) is 0 Å². The van der Waals surface area contributed by atoms with E-state index in [0.29, 0.717) is 30.8 Å². The van der Waals surface area contributed by atoms with Crippen LogP contribution in [0.4, 0.5) is 4.79 Å². The minimum Gasteiger partial charge on any atom is -0.473 e. The third-order valence-electron chi connectivity index (χ3n) is 5.20. The van der Waals surface area contributed by atoms with Gasteiger partial charge >= 0.3 is 6.09 Å². The summed E-state index contributed by atoms with van der Waals surface area (Å²) < 4.78 is 7.73. The minimum atomic E-state index is -0.820. The van der Waals surface area contributed by atoms with Crippen LogP contribution in [0.5, 0.6) is 5.88 Å². The molecule has 3 heterocycles. The molecule has 2 aromatic heterocycles. The molecule has 0 radical (unpaired) electrons. The van der Waals surface area contributed by atoms with Crippen molar-refractivity contribution in [2.45, 2.75) is 25.9 Å². The maximum Gasteiger partial charge on any atom is 0.407 e. The van der Waals surface area contributed by atoms with Crippen LogP contribution in [-0.4, -0.2) is 55.3 Å². The minimum absolute atomic E-state index is 0.0891. The number of ether oxygens (including phenoxy) is 1. The maximum atomic E-state index is 11.1. The molecule has 1 aliphatic heterocycles. The standard InChI is InChI=1S/C17H21N5O3/c1-10-14(9-21(2)20-10)15-3-4-16(19-18-15)25-13-5-11-7-22(17(23)24)8-12(11)6-13/h3-4,9,11-13H,5-8H2,1-2H3,(H,23,24)/t11-,12+,13+. The Morgan fingerprint density at radius 1 is 1.24 bits per heavy atom. The van der Waals surface area contributed by atoms with Crippen LogP contribution in [0.3, 0.4) is 0 Å². The molecule has 3 atom stereocenters. The Hall–Kier alpha value is -2.64. The van der Waals surface area contributed by atoms with E-state index in [-0.39, 0.29) is 6.10 Å². The second-order valence-corrected chi connectivity index (χ2v) is 6.98. The molecule has 2 aromatic rings. The van der Waals surface area contributed by atoms with Gasteiger partial charge in [0.2, 0.25) is 5.88 Å². The number of rotatable bonds is 3. The third kappa shape index (κ3) is 3.04. The number of hydrogen-bond acceptors (Lipinski definition) is 5. The molecule has 8 nitrogen and oxygen atoms in total. The Morgan fingerprint density at radius 3 is 2.48 bits per heavy atom. The molecule has 2 fully saturated rings. The Balaban J connectivity index is 1.38. The smallest absolute Gasteiger partial charge is 0.407 e. The molecular formula is C17H21N5O3. The lowest BCUT2D eigenvalue weighted by molar-refractivity contribution is 0.143. The maximum absolute atomic E-state index is 11.1. The van der Waals surface area contributed by atoms with Gasteiger partial charge in [0.1, 0.15) is 6.10 Å². The Kier molecular flexibility index (Phi) is 3.82. The molecular weight excluding hydrogens is 322 g/mol. The number of carboxylic acid groups (broad SMARTS) is 1. The first kappa shape index (κ1) is 15.9. The number of carbonyl (C=O) groups is 1. The number of nitrogens with zero attached hydrogens (tertiary/aromatic N) is 5. The molecule has 4 rings (SSSR count). The van der Waals surface area contributed by atoms with E-state index in [2.05, 4.69) is 15.3 Å². The summed E-state index contributed by atoms with van der Waals surface area (Å²) >= 11 is 0. The predicted octanol–water partition coefficient (Wildman–Crippen LogP) is 1.95. The van der Waals surface area contributed by atoms with Crippen molar-refractivity contribution in [3.05, 3.63) is 24.0 Å². The molecule has 1 aliphatic carbocycles. The molecule has 0 unspecified atom stereocenters. The first-order valence-electron chi connectivity index (χ1n) is 8.48. The normalized spacial score (nSPS) is 25.2. The topological polar surface area (TPSA) is 93.4 Å². The van der Waals surface area contributed by atoms with Crippen LogP contribution >= 0.6 is 0 Å². The summed E-state index contributed by atoms with van der Waals surface area (Å²) in [4.78, 5) is 12.6. The van der Waals surface area contributed by atoms with Crippen molar-refractivity contribution in [1.82, 2.24) is 24.9 Å². The van der Waals surface area contributed by atoms with Crippen molar-refractivity contribution < 1.29 is 14.6 Å². The van der Waals surface area contributed by atoms with Crippen molar-refractivity contribution in [3.8, 4) is 17.1 Å². The SMILES string of the molecule is Cc1nn(C)cc1-c1ccc(O[C@H]2C[C@@H]3CN(C(=O)O)C[C@@H]3C2)nn1. The predicted molar refractivity (Wildman–Crippen MR) is 89.2 cm³/mol. The molecule has 1 amide bonds. The van der Waals surface area contributed by atoms with E-state index in [1.54, 1.807) is 4.68 Å². The lowest BCUT2D eigenvalue weighted by Gasteiger charge is -2.17. The van der Waals surface area contributed by atoms with Gasteiger partial charge in [0.15, 0.2) is 0 Å². The average molecular weight is 343 g/mol. The molecule has 0 bridgehead atoms. The van der Waals surface area contributed by atoms with Crippen molar-refractivity contribution in [1.29, 1.82) is 0 Å². The summed E-state index contributed by atoms with van der Waals surface area (Å²) in [6, 6.07) is 3.74. The van der Waals surface area contributed by atoms with Crippen LogP contribution < -0.4 is 4.74 Å². The number of aryl methyl sites for hydroxylation is 2. The first-order valence-corrected chi connectivity index (χ1v) is 8.48. The van der Waals surface area contributed by atoms with Gasteiger partial charge in [-0.1, -0.05) is 0 Å². The molecule has 25 heavy (non-hydrogen) atoms. The highest BCUT2D eigenvalue weighted by molar-refractivity contribution is 5.65. The highest BCUT2D eigenvalue weighted by Crippen LogP contribution is 2.39. The van der Waals surface area contributed by atoms with Crippen LogP contribution in [0.1, 0.15) is 18.5 Å². The zero-order valence-corrected chi connectivity index (χ0v) is 14.3. The zero-order valence-electron chi connectivity index (χ0n) is 14.3. The Bertz CT molecular complexity index is 774. The molecule has 1 N–H and O–H groups in total. The van der Waals surface area contributed by atoms with E-state index in [4.69, 9.17) is 9.84 Å². The fraction of sp³-hybridized carbons (Fsp3) is 0.529. The van der Waals surface area contributed by atoms with Crippen LogP contribution in [0, 0.1) is 18.8 Å². The summed E-state index contributed by atoms with van der Waals surface area (Å²) in [7, 11) is 1.88. The van der Waals surface area contributed by atoms with Crippen LogP contribution in [-0.2, 0) is 7.05 Å². The van der Waals surface area contributed by atoms with Gasteiger partial charge in [0.05, 0.1) is 11.4 Å². The first-order chi connectivity index (χ1) is 12.0. The van der Waals surface area contributed by atoms with Gasteiger partial charge in [-0.05, 0) is 37.7 Å². The van der Waals surface area contributed by atoms with Crippen molar-refractivity contribution in [3.63, 3.8) is 0 Å². The summed E-state index contributed by atoms with van der Waals surface area (Å²) in [5.74, 6) is 1.31. The van der Waals surface area contributed by atoms with Crippen LogP contribution in [0.2, 0.25) is 0 Å². The van der Waals surface area contributed by atoms with Crippen molar-refractivity contribution in [2.75, 3.05) is 13.1 Å². The largest absolute Gasteiger partial charge is 0.473 e. The second kappa shape index (κ2) is 6.02. The van der Waals surface area contributed by atoms with Crippen molar-refractivity contribution >= 4 is 6.09 Å². The van der Waals surface area contributed by atoms with Crippen molar-refractivity contribution in [2.24, 2.45) is 18.9 Å². The second-order valence-electron chi connectivity index (χ2n) is 6.98. The van der Waals surface area contributed by atoms with Gasteiger partial charge in [-0.15, -0.1) is 10.2 Å². The fourth-order valence-corrected chi connectivity index (χ4v) is 4.05. The lowest BCUT2D eigenvalue weighted by Crippen LogP contribution is -2.29. The third-order valence-corrected chi connectivity index (χ3v) is 5.20. The van der Waals surface area contributed by atoms with E-state index >= 15 is 0 Å². The molecule has 0 aromatic carbocycles. The van der Waals surface area contributed by atoms with Crippen LogP contribution in [0.25, 0.3) is 11.3 Å². The van der Waals surface area contributed by atoms with E-state index in [9.17, 15) is 4.79 Å². The van der Waals surface area contributed by atoms with Crippen LogP contribution in [0.15, 0.2) is 18.3 Å². The molecule has 0 spiro atoms. The number of amides is 1. The van der Waals surface area contributed by atoms with Gasteiger partial charge in [0, 0.05) is 38.0 Å². The Labute approximate surface area is 145 Å². The Morgan fingerprint density at radius 2 is 1.96 bits per heavy atom. The highest BCUT2D eigenvalue weighted by Gasteiger charge is 2.43. The molecule has 1 saturated heterocycles. The lowest BCUT2D eigenvalue weighted by atomic mass is 10.0. The number of aromatic nitrogens is 4.